The molecule has 23 rings (SSSR count). The van der Waals surface area contributed by atoms with Gasteiger partial charge >= 0.3 is 0 Å². The van der Waals surface area contributed by atoms with Gasteiger partial charge in [-0.15, -0.1) is 0 Å². The van der Waals surface area contributed by atoms with Crippen LogP contribution in [0.1, 0.15) is 0 Å². The summed E-state index contributed by atoms with van der Waals surface area (Å²) in [5, 5.41) is 9.17. The first kappa shape index (κ1) is 74.5. The van der Waals surface area contributed by atoms with Crippen LogP contribution in [0.4, 0.5) is 0 Å². The summed E-state index contributed by atoms with van der Waals surface area (Å²) in [7, 11) is 0. The fourth-order valence-corrected chi connectivity index (χ4v) is 17.6. The van der Waals surface area contributed by atoms with E-state index in [-0.39, 0.29) is 0 Å². The third-order valence-electron chi connectivity index (χ3n) is 23.8. The van der Waals surface area contributed by atoms with Crippen LogP contribution in [0.5, 0.6) is 0 Å². The predicted octanol–water partition coefficient (Wildman–Crippen LogP) is 31.3. The SMILES string of the molecule is c1ccc(-c2cc(-c3ccccc3)cc(-c3cc(-c4ccc(-c5ccc6nc(-c7ccccc7)c7cccc(-c8ccccc8)c7c6c5)cc4)nc(-c4ccccc4)n3)c2)cc1.c1ccc(-c2nc(-c3ccc(-c4ccc5nc(-c6ccccc6)c6cccc(-c7ccccc7)c6c5c4)cc3)cc(-c3ccc(-c4cccc5c4oc4ccccc45)cc3)n2)cc1. The van der Waals surface area contributed by atoms with E-state index >= 15 is 0 Å². The molecular formula is C118H76N6O. The Hall–Kier alpha value is -16.7. The van der Waals surface area contributed by atoms with E-state index in [1.807, 2.05) is 48.5 Å². The lowest BCUT2D eigenvalue weighted by molar-refractivity contribution is 0.670. The van der Waals surface area contributed by atoms with Crippen molar-refractivity contribution < 1.29 is 4.42 Å². The Morgan fingerprint density at radius 2 is 0.440 bits per heavy atom. The Kier molecular flexibility index (Phi) is 19.5. The highest BCUT2D eigenvalue weighted by molar-refractivity contribution is 6.19. The van der Waals surface area contributed by atoms with E-state index < -0.39 is 0 Å². The van der Waals surface area contributed by atoms with Crippen molar-refractivity contribution in [3.05, 3.63) is 461 Å². The summed E-state index contributed by atoms with van der Waals surface area (Å²) in [5.74, 6) is 1.37. The fraction of sp³-hybridized carbons (Fsp3) is 0. The Bertz CT molecular complexity index is 7880. The molecule has 18 aromatic carbocycles. The summed E-state index contributed by atoms with van der Waals surface area (Å²) < 4.78 is 6.37. The molecule has 5 aromatic heterocycles. The summed E-state index contributed by atoms with van der Waals surface area (Å²) in [6, 6.07) is 162. The van der Waals surface area contributed by atoms with Crippen LogP contribution in [0.15, 0.2) is 465 Å². The molecule has 23 aromatic rings. The minimum atomic E-state index is 0.682. The number of hydrogen-bond donors (Lipinski definition) is 0. The molecule has 584 valence electrons. The highest BCUT2D eigenvalue weighted by Crippen LogP contribution is 2.45. The topological polar surface area (TPSA) is 90.5 Å². The molecule has 0 atom stereocenters. The number of benzene rings is 18. The first-order chi connectivity index (χ1) is 61.9. The van der Waals surface area contributed by atoms with Crippen molar-refractivity contribution in [2.45, 2.75) is 0 Å². The number of rotatable bonds is 15. The van der Waals surface area contributed by atoms with Gasteiger partial charge in [-0.25, -0.2) is 29.9 Å². The van der Waals surface area contributed by atoms with Gasteiger partial charge in [-0.3, -0.25) is 0 Å². The number of fused-ring (bicyclic) bond motifs is 9. The molecular weight excluding hydrogens is 1520 g/mol. The summed E-state index contributed by atoms with van der Waals surface area (Å²) in [4.78, 5) is 31.3. The molecule has 5 heterocycles. The average Bonchev–Trinajstić information content (AvgIpc) is 1.45. The Balaban J connectivity index is 0.000000148. The van der Waals surface area contributed by atoms with Crippen LogP contribution in [0.3, 0.4) is 0 Å². The summed E-state index contributed by atoms with van der Waals surface area (Å²) in [6.45, 7) is 0. The van der Waals surface area contributed by atoms with E-state index in [9.17, 15) is 0 Å². The van der Waals surface area contributed by atoms with E-state index in [0.29, 0.717) is 11.6 Å². The molecule has 0 unspecified atom stereocenters. The van der Waals surface area contributed by atoms with Crippen LogP contribution in [0, 0.1) is 0 Å². The molecule has 0 saturated heterocycles. The highest BCUT2D eigenvalue weighted by Gasteiger charge is 2.22. The van der Waals surface area contributed by atoms with Gasteiger partial charge in [-0.1, -0.05) is 400 Å². The lowest BCUT2D eigenvalue weighted by Crippen LogP contribution is -1.96. The normalized spacial score (nSPS) is 11.4. The van der Waals surface area contributed by atoms with Crippen molar-refractivity contribution in [3.63, 3.8) is 0 Å². The first-order valence-electron chi connectivity index (χ1n) is 42.3. The van der Waals surface area contributed by atoms with Crippen molar-refractivity contribution in [3.8, 4) is 168 Å². The van der Waals surface area contributed by atoms with Gasteiger partial charge in [0.25, 0.3) is 0 Å². The zero-order valence-electron chi connectivity index (χ0n) is 68.0. The van der Waals surface area contributed by atoms with Crippen LogP contribution in [0.25, 0.3) is 233 Å². The number of furan rings is 1. The Morgan fingerprint density at radius 3 is 0.848 bits per heavy atom. The summed E-state index contributed by atoms with van der Waals surface area (Å²) in [6.07, 6.45) is 0. The second-order valence-electron chi connectivity index (χ2n) is 31.5. The van der Waals surface area contributed by atoms with E-state index in [1.165, 1.54) is 33.0 Å². The lowest BCUT2D eigenvalue weighted by Gasteiger charge is -2.15. The van der Waals surface area contributed by atoms with Crippen molar-refractivity contribution in [1.29, 1.82) is 0 Å². The van der Waals surface area contributed by atoms with Gasteiger partial charge in [-0.2, -0.15) is 0 Å². The van der Waals surface area contributed by atoms with Gasteiger partial charge in [0.15, 0.2) is 11.6 Å². The predicted molar refractivity (Wildman–Crippen MR) is 518 cm³/mol. The molecule has 0 radical (unpaired) electrons. The maximum atomic E-state index is 6.37. The molecule has 0 aliphatic heterocycles. The minimum Gasteiger partial charge on any atom is -0.455 e. The van der Waals surface area contributed by atoms with Gasteiger partial charge in [-0.05, 0) is 133 Å². The van der Waals surface area contributed by atoms with Crippen LogP contribution >= 0.6 is 0 Å². The fourth-order valence-electron chi connectivity index (χ4n) is 17.6. The Morgan fingerprint density at radius 1 is 0.152 bits per heavy atom. The van der Waals surface area contributed by atoms with Gasteiger partial charge in [0.1, 0.15) is 11.2 Å². The molecule has 0 aliphatic rings. The molecule has 0 fully saturated rings. The maximum absolute atomic E-state index is 6.37. The number of para-hydroxylation sites is 2. The molecule has 7 nitrogen and oxygen atoms in total. The molecule has 0 aliphatic carbocycles. The first-order valence-corrected chi connectivity index (χ1v) is 42.3. The third-order valence-corrected chi connectivity index (χ3v) is 23.8. The highest BCUT2D eigenvalue weighted by atomic mass is 16.3. The number of nitrogens with zero attached hydrogens (tertiary/aromatic N) is 6. The van der Waals surface area contributed by atoms with Crippen molar-refractivity contribution in [2.24, 2.45) is 0 Å². The molecule has 7 heteroatoms. The average molecular weight is 1590 g/mol. The van der Waals surface area contributed by atoms with E-state index in [2.05, 4.69) is 413 Å². The van der Waals surface area contributed by atoms with Crippen molar-refractivity contribution in [1.82, 2.24) is 29.9 Å². The van der Waals surface area contributed by atoms with Crippen LogP contribution in [0.2, 0.25) is 0 Å². The minimum absolute atomic E-state index is 0.682. The van der Waals surface area contributed by atoms with Crippen molar-refractivity contribution in [2.75, 3.05) is 0 Å². The van der Waals surface area contributed by atoms with Crippen LogP contribution in [-0.4, -0.2) is 29.9 Å². The van der Waals surface area contributed by atoms with Gasteiger partial charge in [0.2, 0.25) is 0 Å². The number of hydrogen-bond acceptors (Lipinski definition) is 7. The molecule has 0 N–H and O–H groups in total. The van der Waals surface area contributed by atoms with E-state index in [0.717, 1.165) is 189 Å². The standard InChI is InChI=1S/C59H37N3O.C59H39N3/c1-4-14-39(15-5-1)46-21-12-24-50-56(46)51-36-45(34-35-52(51)60-57(50)43-16-6-2-7-17-43)38-26-30-41(31-27-38)53-37-54(62-59(61-53)44-18-8-3-9-19-44)42-32-28-40(29-33-42)47-22-13-23-49-48-20-10-11-25-55(48)63-58(47)49;1-6-17-40(18-7-1)48-35-49(41-19-8-2-9-20-41)37-50(36-48)56-39-55(61-59(62-56)46-25-14-5-15-26-46)44-31-29-42(30-32-44)47-33-34-54-53(38-47)57-51(43-21-10-3-11-22-43)27-16-28-52(57)58(60-54)45-23-12-4-13-24-45/h1-37H;1-39H. The van der Waals surface area contributed by atoms with Gasteiger partial charge < -0.3 is 4.42 Å². The molecule has 0 spiro atoms. The third kappa shape index (κ3) is 14.7. The van der Waals surface area contributed by atoms with Crippen LogP contribution in [-0.2, 0) is 0 Å². The largest absolute Gasteiger partial charge is 0.455 e. The zero-order chi connectivity index (χ0) is 82.9. The lowest BCUT2D eigenvalue weighted by atomic mass is 9.91. The van der Waals surface area contributed by atoms with Crippen molar-refractivity contribution >= 4 is 65.3 Å². The Labute approximate surface area is 724 Å². The second kappa shape index (κ2) is 32.8. The monoisotopic (exact) mass is 1590 g/mol. The molecule has 0 bridgehead atoms. The zero-order valence-corrected chi connectivity index (χ0v) is 68.0. The number of pyridine rings is 2. The number of aromatic nitrogens is 6. The second-order valence-corrected chi connectivity index (χ2v) is 31.5. The summed E-state index contributed by atoms with van der Waals surface area (Å²) >= 11 is 0. The van der Waals surface area contributed by atoms with E-state index in [1.54, 1.807) is 0 Å². The van der Waals surface area contributed by atoms with E-state index in [4.69, 9.17) is 34.3 Å². The van der Waals surface area contributed by atoms with Crippen LogP contribution < -0.4 is 0 Å². The molecule has 125 heavy (non-hydrogen) atoms. The maximum Gasteiger partial charge on any atom is 0.160 e. The summed E-state index contributed by atoms with van der Waals surface area (Å²) in [5.41, 5.74) is 33.3. The smallest absolute Gasteiger partial charge is 0.160 e. The molecule has 0 saturated carbocycles. The quantitative estimate of drug-likeness (QED) is 0.0945. The van der Waals surface area contributed by atoms with Gasteiger partial charge in [0.05, 0.1) is 45.2 Å². The van der Waals surface area contributed by atoms with Gasteiger partial charge in [0, 0.05) is 93.2 Å². The molecule has 0 amide bonds.